The number of carbonyl (C=O) groups is 1. The third-order valence-corrected chi connectivity index (χ3v) is 4.31. The Labute approximate surface area is 103 Å². The van der Waals surface area contributed by atoms with Gasteiger partial charge in [0.25, 0.3) is 0 Å². The molecular formula is C13H23NO3. The van der Waals surface area contributed by atoms with Gasteiger partial charge in [0.2, 0.25) is 0 Å². The maximum Gasteiger partial charge on any atom is 0.306 e. The predicted octanol–water partition coefficient (Wildman–Crippen LogP) is 1.74. The highest BCUT2D eigenvalue weighted by Gasteiger charge is 2.31. The molecule has 2 aliphatic rings. The average Bonchev–Trinajstić information content (AvgIpc) is 2.39. The second-order valence-corrected chi connectivity index (χ2v) is 5.34. The quantitative estimate of drug-likeness (QED) is 0.817. The van der Waals surface area contributed by atoms with Gasteiger partial charge in [0, 0.05) is 19.7 Å². The molecule has 1 atom stereocenters. The van der Waals surface area contributed by atoms with Gasteiger partial charge in [-0.3, -0.25) is 9.69 Å². The Kier molecular flexibility index (Phi) is 4.40. The van der Waals surface area contributed by atoms with Gasteiger partial charge < -0.3 is 9.84 Å². The molecule has 2 fully saturated rings. The Hall–Kier alpha value is -0.610. The zero-order chi connectivity index (χ0) is 12.3. The molecule has 0 aromatic carbocycles. The molecule has 1 aliphatic carbocycles. The molecule has 0 radical (unpaired) electrons. The van der Waals surface area contributed by atoms with Crippen molar-refractivity contribution in [2.75, 3.05) is 20.2 Å². The minimum atomic E-state index is -0.614. The summed E-state index contributed by atoms with van der Waals surface area (Å²) in [5.74, 6) is -0.717. The summed E-state index contributed by atoms with van der Waals surface area (Å²) < 4.78 is 5.44. The third kappa shape index (κ3) is 3.19. The number of nitrogens with zero attached hydrogens (tertiary/aromatic N) is 1. The number of hydrogen-bond donors (Lipinski definition) is 1. The smallest absolute Gasteiger partial charge is 0.306 e. The van der Waals surface area contributed by atoms with Gasteiger partial charge in [-0.15, -0.1) is 0 Å². The van der Waals surface area contributed by atoms with Gasteiger partial charge in [0.1, 0.15) is 0 Å². The van der Waals surface area contributed by atoms with Crippen LogP contribution in [-0.4, -0.2) is 48.3 Å². The highest BCUT2D eigenvalue weighted by atomic mass is 16.5. The van der Waals surface area contributed by atoms with Crippen molar-refractivity contribution in [3.8, 4) is 0 Å². The van der Waals surface area contributed by atoms with E-state index in [-0.39, 0.29) is 5.92 Å². The number of aliphatic carboxylic acids is 1. The minimum absolute atomic E-state index is 0.103. The molecule has 0 bridgehead atoms. The number of carboxylic acids is 1. The second-order valence-electron chi connectivity index (χ2n) is 5.34. The van der Waals surface area contributed by atoms with Gasteiger partial charge in [-0.2, -0.15) is 0 Å². The molecule has 2 rings (SSSR count). The fourth-order valence-corrected chi connectivity index (χ4v) is 3.18. The number of carboxylic acid groups (broad SMARTS) is 1. The van der Waals surface area contributed by atoms with Gasteiger partial charge in [-0.05, 0) is 45.1 Å². The van der Waals surface area contributed by atoms with E-state index in [2.05, 4.69) is 4.90 Å². The summed E-state index contributed by atoms with van der Waals surface area (Å²) in [4.78, 5) is 13.4. The highest BCUT2D eigenvalue weighted by molar-refractivity contribution is 5.70. The summed E-state index contributed by atoms with van der Waals surface area (Å²) in [5, 5.41) is 8.98. The average molecular weight is 241 g/mol. The van der Waals surface area contributed by atoms with E-state index in [1.54, 1.807) is 7.11 Å². The Bertz CT molecular complexity index is 261. The molecule has 98 valence electrons. The molecule has 1 N–H and O–H groups in total. The van der Waals surface area contributed by atoms with Crippen molar-refractivity contribution in [2.24, 2.45) is 5.92 Å². The highest BCUT2D eigenvalue weighted by Crippen LogP contribution is 2.29. The lowest BCUT2D eigenvalue weighted by atomic mass is 9.84. The Morgan fingerprint density at radius 3 is 2.53 bits per heavy atom. The molecule has 4 nitrogen and oxygen atoms in total. The first-order chi connectivity index (χ1) is 8.20. The number of piperidine rings is 1. The van der Waals surface area contributed by atoms with Crippen LogP contribution in [0.3, 0.4) is 0 Å². The molecule has 1 heterocycles. The van der Waals surface area contributed by atoms with Crippen LogP contribution in [0.25, 0.3) is 0 Å². The van der Waals surface area contributed by atoms with Gasteiger partial charge in [-0.1, -0.05) is 0 Å². The van der Waals surface area contributed by atoms with E-state index in [1.807, 2.05) is 0 Å². The van der Waals surface area contributed by atoms with Crippen molar-refractivity contribution in [3.63, 3.8) is 0 Å². The van der Waals surface area contributed by atoms with Crippen LogP contribution in [0, 0.1) is 5.92 Å². The molecule has 0 amide bonds. The first-order valence-electron chi connectivity index (χ1n) is 6.70. The summed E-state index contributed by atoms with van der Waals surface area (Å²) in [6.07, 6.45) is 6.50. The monoisotopic (exact) mass is 241 g/mol. The number of hydrogen-bond acceptors (Lipinski definition) is 3. The lowest BCUT2D eigenvalue weighted by Crippen LogP contribution is -2.46. The molecule has 17 heavy (non-hydrogen) atoms. The van der Waals surface area contributed by atoms with E-state index < -0.39 is 5.97 Å². The Balaban J connectivity index is 1.81. The van der Waals surface area contributed by atoms with Gasteiger partial charge in [-0.25, -0.2) is 0 Å². The molecular weight excluding hydrogens is 218 g/mol. The zero-order valence-corrected chi connectivity index (χ0v) is 10.6. The van der Waals surface area contributed by atoms with Crippen molar-refractivity contribution in [1.82, 2.24) is 4.90 Å². The van der Waals surface area contributed by atoms with E-state index in [9.17, 15) is 4.79 Å². The standard InChI is InChI=1S/C13H23NO3/c1-17-12-3-2-8-14(9-12)11-6-4-10(5-7-11)13(15)16/h10-12H,2-9H2,1H3,(H,15,16)/t10?,11?,12-/m1/s1. The van der Waals surface area contributed by atoms with Crippen LogP contribution in [0.4, 0.5) is 0 Å². The predicted molar refractivity (Wildman–Crippen MR) is 65.0 cm³/mol. The van der Waals surface area contributed by atoms with Gasteiger partial charge in [0.15, 0.2) is 0 Å². The summed E-state index contributed by atoms with van der Waals surface area (Å²) in [7, 11) is 1.79. The molecule has 1 saturated heterocycles. The Morgan fingerprint density at radius 2 is 1.94 bits per heavy atom. The number of ether oxygens (including phenoxy) is 1. The summed E-state index contributed by atoms with van der Waals surface area (Å²) in [6.45, 7) is 2.18. The van der Waals surface area contributed by atoms with Crippen molar-refractivity contribution in [1.29, 1.82) is 0 Å². The largest absolute Gasteiger partial charge is 0.481 e. The fraction of sp³-hybridized carbons (Fsp3) is 0.923. The Morgan fingerprint density at radius 1 is 1.24 bits per heavy atom. The molecule has 0 unspecified atom stereocenters. The van der Waals surface area contributed by atoms with Crippen molar-refractivity contribution in [3.05, 3.63) is 0 Å². The van der Waals surface area contributed by atoms with E-state index in [4.69, 9.17) is 9.84 Å². The maximum atomic E-state index is 10.9. The lowest BCUT2D eigenvalue weighted by Gasteiger charge is -2.40. The maximum absolute atomic E-state index is 10.9. The fourth-order valence-electron chi connectivity index (χ4n) is 3.18. The van der Waals surface area contributed by atoms with Crippen molar-refractivity contribution < 1.29 is 14.6 Å². The number of rotatable bonds is 3. The SMILES string of the molecule is CO[C@@H]1CCCN(C2CCC(C(=O)O)CC2)C1. The summed E-state index contributed by atoms with van der Waals surface area (Å²) in [6, 6.07) is 0.587. The van der Waals surface area contributed by atoms with E-state index in [0.29, 0.717) is 12.1 Å². The molecule has 1 saturated carbocycles. The topological polar surface area (TPSA) is 49.8 Å². The lowest BCUT2D eigenvalue weighted by molar-refractivity contribution is -0.143. The minimum Gasteiger partial charge on any atom is -0.481 e. The normalized spacial score (nSPS) is 35.7. The van der Waals surface area contributed by atoms with Crippen LogP contribution in [-0.2, 0) is 9.53 Å². The summed E-state index contributed by atoms with van der Waals surface area (Å²) in [5.41, 5.74) is 0. The zero-order valence-electron chi connectivity index (χ0n) is 10.6. The van der Waals surface area contributed by atoms with Gasteiger partial charge in [0.05, 0.1) is 12.0 Å². The molecule has 4 heteroatoms. The van der Waals surface area contributed by atoms with E-state index in [0.717, 1.165) is 45.2 Å². The van der Waals surface area contributed by atoms with Gasteiger partial charge >= 0.3 is 5.97 Å². The molecule has 0 aromatic rings. The molecule has 1 aliphatic heterocycles. The molecule has 0 spiro atoms. The van der Waals surface area contributed by atoms with Crippen LogP contribution < -0.4 is 0 Å². The van der Waals surface area contributed by atoms with Crippen molar-refractivity contribution in [2.45, 2.75) is 50.7 Å². The number of methoxy groups -OCH3 is 1. The number of likely N-dealkylation sites (tertiary alicyclic amines) is 1. The van der Waals surface area contributed by atoms with Crippen LogP contribution in [0.15, 0.2) is 0 Å². The first kappa shape index (κ1) is 12.8. The van der Waals surface area contributed by atoms with E-state index >= 15 is 0 Å². The molecule has 0 aromatic heterocycles. The van der Waals surface area contributed by atoms with Crippen molar-refractivity contribution >= 4 is 5.97 Å². The van der Waals surface area contributed by atoms with Crippen LogP contribution in [0.1, 0.15) is 38.5 Å². The van der Waals surface area contributed by atoms with E-state index in [1.165, 1.54) is 6.42 Å². The van der Waals surface area contributed by atoms with Crippen LogP contribution in [0.5, 0.6) is 0 Å². The van der Waals surface area contributed by atoms with Crippen LogP contribution in [0.2, 0.25) is 0 Å². The first-order valence-corrected chi connectivity index (χ1v) is 6.70. The summed E-state index contributed by atoms with van der Waals surface area (Å²) >= 11 is 0. The third-order valence-electron chi connectivity index (χ3n) is 4.31. The second kappa shape index (κ2) is 5.83. The van der Waals surface area contributed by atoms with Crippen LogP contribution >= 0.6 is 0 Å².